The van der Waals surface area contributed by atoms with Gasteiger partial charge in [0.15, 0.2) is 12.1 Å². The van der Waals surface area contributed by atoms with Gasteiger partial charge in [0, 0.05) is 11.7 Å². The number of piperidine rings is 1. The van der Waals surface area contributed by atoms with Gasteiger partial charge in [0.05, 0.1) is 36.6 Å². The molecule has 262 valence electrons. The molecule has 13 heteroatoms. The predicted octanol–water partition coefficient (Wildman–Crippen LogP) is 2.33. The highest BCUT2D eigenvalue weighted by Gasteiger charge is 2.65. The molecule has 4 aliphatic carbocycles. The lowest BCUT2D eigenvalue weighted by molar-refractivity contribution is -0.350. The number of aliphatic hydroxyl groups excluding tert-OH is 4. The summed E-state index contributed by atoms with van der Waals surface area (Å²) in [5.41, 5.74) is -3.07. The lowest BCUT2D eigenvalue weighted by Crippen LogP contribution is -2.70. The van der Waals surface area contributed by atoms with Crippen LogP contribution >= 0.6 is 21.6 Å². The van der Waals surface area contributed by atoms with E-state index in [9.17, 15) is 35.1 Å². The number of fused-ring (bicyclic) bond motifs is 5. The minimum atomic E-state index is -2.04. The summed E-state index contributed by atoms with van der Waals surface area (Å²) in [4.78, 5) is 29.1. The normalized spacial score (nSPS) is 47.3. The monoisotopic (exact) mass is 694 g/mol. The maximum Gasteiger partial charge on any atom is 0.187 e. The summed E-state index contributed by atoms with van der Waals surface area (Å²) in [6, 6.07) is 0. The maximum atomic E-state index is 14.8. The SMILES string of the molecule is CC1=CC2C(=O)C3CCCC4OC5OC(CO)C(O)C(O)(CC6(CCCC6)C6CCNC(C6)NCSSCC2(C(=O)C43)C(O)=C1)C5O. The largest absolute Gasteiger partial charge is 0.511 e. The fourth-order valence-electron chi connectivity index (χ4n) is 10.3. The van der Waals surface area contributed by atoms with Gasteiger partial charge in [0.1, 0.15) is 40.9 Å². The van der Waals surface area contributed by atoms with Gasteiger partial charge < -0.3 is 40.3 Å². The van der Waals surface area contributed by atoms with Gasteiger partial charge in [-0.25, -0.2) is 0 Å². The number of ether oxygens (including phenoxy) is 2. The van der Waals surface area contributed by atoms with E-state index in [2.05, 4.69) is 10.6 Å². The van der Waals surface area contributed by atoms with Crippen molar-refractivity contribution in [2.24, 2.45) is 34.5 Å². The molecule has 12 unspecified atom stereocenters. The minimum absolute atomic E-state index is 0.0137. The number of nitrogens with one attached hydrogen (secondary N) is 2. The average molecular weight is 695 g/mol. The van der Waals surface area contributed by atoms with Crippen LogP contribution in [-0.4, -0.2) is 104 Å². The van der Waals surface area contributed by atoms with Crippen LogP contribution in [0.1, 0.15) is 71.1 Å². The molecule has 6 bridgehead atoms. The summed E-state index contributed by atoms with van der Waals surface area (Å²) in [6.07, 6.45) is 3.84. The smallest absolute Gasteiger partial charge is 0.187 e. The highest BCUT2D eigenvalue weighted by molar-refractivity contribution is 8.76. The van der Waals surface area contributed by atoms with Gasteiger partial charge in [0.25, 0.3) is 0 Å². The Morgan fingerprint density at radius 3 is 2.57 bits per heavy atom. The molecule has 3 saturated carbocycles. The molecule has 3 saturated heterocycles. The van der Waals surface area contributed by atoms with E-state index in [-0.39, 0.29) is 47.0 Å². The van der Waals surface area contributed by atoms with E-state index in [4.69, 9.17) is 9.47 Å². The molecule has 7 N–H and O–H groups in total. The van der Waals surface area contributed by atoms with Crippen LogP contribution in [-0.2, 0) is 19.1 Å². The Labute approximate surface area is 284 Å². The molecule has 11 nitrogen and oxygen atoms in total. The van der Waals surface area contributed by atoms with Crippen LogP contribution in [0.3, 0.4) is 0 Å². The van der Waals surface area contributed by atoms with Crippen molar-refractivity contribution < 1.29 is 44.6 Å². The van der Waals surface area contributed by atoms with Crippen LogP contribution in [0.5, 0.6) is 0 Å². The van der Waals surface area contributed by atoms with Crippen molar-refractivity contribution in [3.8, 4) is 0 Å². The molecule has 0 aromatic heterocycles. The fraction of sp³-hybridized carbons (Fsp3) is 0.824. The predicted molar refractivity (Wildman–Crippen MR) is 177 cm³/mol. The van der Waals surface area contributed by atoms with E-state index in [1.54, 1.807) is 16.9 Å². The minimum Gasteiger partial charge on any atom is -0.511 e. The molecule has 3 heterocycles. The molecule has 0 aromatic rings. The first-order valence-electron chi connectivity index (χ1n) is 17.4. The van der Waals surface area contributed by atoms with Crippen LogP contribution in [0.4, 0.5) is 0 Å². The van der Waals surface area contributed by atoms with Crippen LogP contribution in [0.2, 0.25) is 0 Å². The van der Waals surface area contributed by atoms with Crippen molar-refractivity contribution in [1.82, 2.24) is 10.6 Å². The first kappa shape index (κ1) is 34.4. The third-order valence-corrected chi connectivity index (χ3v) is 15.0. The Balaban J connectivity index is 1.28. The van der Waals surface area contributed by atoms with E-state index in [0.29, 0.717) is 25.1 Å². The van der Waals surface area contributed by atoms with Gasteiger partial charge in [-0.3, -0.25) is 14.9 Å². The number of carbonyl (C=O) groups is 2. The summed E-state index contributed by atoms with van der Waals surface area (Å²) in [5.74, 6) is -1.71. The van der Waals surface area contributed by atoms with E-state index in [1.807, 2.05) is 13.0 Å². The zero-order valence-electron chi connectivity index (χ0n) is 27.0. The molecular weight excluding hydrogens is 645 g/mol. The second-order valence-corrected chi connectivity index (χ2v) is 17.7. The summed E-state index contributed by atoms with van der Waals surface area (Å²) in [7, 11) is 3.04. The van der Waals surface area contributed by atoms with Crippen molar-refractivity contribution in [2.45, 2.75) is 114 Å². The first-order valence-corrected chi connectivity index (χ1v) is 19.9. The Bertz CT molecular complexity index is 1290. The third-order valence-electron chi connectivity index (χ3n) is 12.7. The fourth-order valence-corrected chi connectivity index (χ4v) is 12.7. The quantitative estimate of drug-likeness (QED) is 0.199. The lowest BCUT2D eigenvalue weighted by atomic mass is 9.53. The Morgan fingerprint density at radius 2 is 1.81 bits per heavy atom. The topological polar surface area (TPSA) is 178 Å². The molecule has 2 spiro atoms. The number of allylic oxidation sites excluding steroid dienone is 4. The standard InChI is InChI=1S/C34H50N2O9S2/c1-18-11-21-27(39)20-5-4-6-22-26(20)29(41)33(21,24(38)12-18)16-46-47-17-36-25-13-19(7-10-35-25)32(8-2-3-9-32)15-34(43)28(40)23(14-37)45-31(44-22)30(34)42/h11-12,19-23,25-26,28,30-31,35-38,40,42-43H,2-10,13-17H2,1H3. The van der Waals surface area contributed by atoms with Crippen molar-refractivity contribution in [3.63, 3.8) is 0 Å². The van der Waals surface area contributed by atoms with Crippen molar-refractivity contribution in [2.75, 3.05) is 24.8 Å². The van der Waals surface area contributed by atoms with E-state index in [0.717, 1.165) is 50.6 Å². The van der Waals surface area contributed by atoms with Gasteiger partial charge >= 0.3 is 0 Å². The van der Waals surface area contributed by atoms with Crippen molar-refractivity contribution >= 4 is 33.2 Å². The molecule has 0 aromatic carbocycles. The van der Waals surface area contributed by atoms with Gasteiger partial charge in [-0.2, -0.15) is 0 Å². The number of hydrogen-bond acceptors (Lipinski definition) is 13. The number of rotatable bonds is 1. The molecule has 0 amide bonds. The molecule has 47 heavy (non-hydrogen) atoms. The zero-order valence-corrected chi connectivity index (χ0v) is 28.6. The summed E-state index contributed by atoms with van der Waals surface area (Å²) >= 11 is 0. The maximum absolute atomic E-state index is 14.8. The molecule has 6 fully saturated rings. The van der Waals surface area contributed by atoms with Crippen molar-refractivity contribution in [1.29, 1.82) is 0 Å². The second-order valence-electron chi connectivity index (χ2n) is 15.2. The Hall–Kier alpha value is -1.00. The summed E-state index contributed by atoms with van der Waals surface area (Å²) in [6.45, 7) is 2.01. The van der Waals surface area contributed by atoms with Crippen LogP contribution in [0.25, 0.3) is 0 Å². The Morgan fingerprint density at radius 1 is 1.02 bits per heavy atom. The summed E-state index contributed by atoms with van der Waals surface area (Å²) in [5, 5.41) is 64.8. The van der Waals surface area contributed by atoms with Crippen LogP contribution in [0, 0.1) is 34.5 Å². The first-order chi connectivity index (χ1) is 22.5. The van der Waals surface area contributed by atoms with Gasteiger partial charge in [-0.15, -0.1) is 0 Å². The number of carbonyl (C=O) groups excluding carboxylic acids is 2. The molecule has 7 aliphatic rings. The third kappa shape index (κ3) is 5.68. The number of Topliss-reactive ketones (excluding diaryl/α,β-unsaturated/α-hetero) is 2. The second kappa shape index (κ2) is 13.3. The lowest BCUT2D eigenvalue weighted by Gasteiger charge is -2.55. The van der Waals surface area contributed by atoms with E-state index >= 15 is 0 Å². The highest BCUT2D eigenvalue weighted by atomic mass is 33.1. The Kier molecular flexibility index (Phi) is 9.73. The summed E-state index contributed by atoms with van der Waals surface area (Å²) < 4.78 is 12.5. The molecular formula is C34H50N2O9S2. The number of aliphatic hydroxyl groups is 5. The number of ketones is 2. The zero-order chi connectivity index (χ0) is 33.1. The molecule has 7 rings (SSSR count). The molecule has 0 radical (unpaired) electrons. The van der Waals surface area contributed by atoms with Gasteiger partial charge in [0.2, 0.25) is 0 Å². The molecule has 12 atom stereocenters. The highest BCUT2D eigenvalue weighted by Crippen LogP contribution is 2.57. The van der Waals surface area contributed by atoms with Gasteiger partial charge in [-0.1, -0.05) is 52.5 Å². The van der Waals surface area contributed by atoms with Gasteiger partial charge in [-0.05, 0) is 75.8 Å². The van der Waals surface area contributed by atoms with Crippen molar-refractivity contribution in [3.05, 3.63) is 23.5 Å². The average Bonchev–Trinajstić information content (AvgIpc) is 3.53. The number of hydrogen-bond donors (Lipinski definition) is 7. The van der Waals surface area contributed by atoms with E-state index < -0.39 is 66.1 Å². The van der Waals surface area contributed by atoms with Crippen LogP contribution < -0.4 is 10.6 Å². The molecule has 3 aliphatic heterocycles. The van der Waals surface area contributed by atoms with E-state index in [1.165, 1.54) is 10.8 Å². The van der Waals surface area contributed by atoms with Crippen LogP contribution in [0.15, 0.2) is 23.5 Å².